The third kappa shape index (κ3) is 5.70. The van der Waals surface area contributed by atoms with E-state index >= 15 is 0 Å². The Bertz CT molecular complexity index is 974. The lowest BCUT2D eigenvalue weighted by atomic mass is 10.1. The van der Waals surface area contributed by atoms with Crippen molar-refractivity contribution in [1.29, 1.82) is 0 Å². The van der Waals surface area contributed by atoms with Crippen LogP contribution in [-0.2, 0) is 11.2 Å². The van der Waals surface area contributed by atoms with Gasteiger partial charge in [0, 0.05) is 32.1 Å². The minimum absolute atomic E-state index is 0.0874. The molecule has 2 N–H and O–H groups in total. The van der Waals surface area contributed by atoms with E-state index in [0.29, 0.717) is 18.0 Å². The van der Waals surface area contributed by atoms with Gasteiger partial charge in [0.15, 0.2) is 0 Å². The number of carbonyl (C=O) groups excluding carboxylic acids is 1. The first-order valence-corrected chi connectivity index (χ1v) is 10.1. The summed E-state index contributed by atoms with van der Waals surface area (Å²) in [7, 11) is 1.70. The second kappa shape index (κ2) is 9.90. The third-order valence-corrected chi connectivity index (χ3v) is 4.97. The Morgan fingerprint density at radius 3 is 2.42 bits per heavy atom. The van der Waals surface area contributed by atoms with Gasteiger partial charge in [0.1, 0.15) is 23.6 Å². The van der Waals surface area contributed by atoms with Crippen molar-refractivity contribution in [3.05, 3.63) is 72.7 Å². The Morgan fingerprint density at radius 1 is 1.06 bits per heavy atom. The standard InChI is InChI=1S/C23H25N5O3/c1-30-13-11-17-2-6-20(7-3-17)31-21-8-4-18(5-9-21)26-23(29)27-19-14-28(15-19)22-10-12-24-16-25-22/h2-10,12,16,19H,11,13-15H2,1H3,(H2,26,27,29). The molecule has 1 saturated heterocycles. The highest BCUT2D eigenvalue weighted by Crippen LogP contribution is 2.24. The number of hydrogen-bond donors (Lipinski definition) is 2. The minimum Gasteiger partial charge on any atom is -0.457 e. The van der Waals surface area contributed by atoms with Gasteiger partial charge in [-0.15, -0.1) is 0 Å². The summed E-state index contributed by atoms with van der Waals surface area (Å²) in [4.78, 5) is 22.4. The molecule has 0 atom stereocenters. The number of nitrogens with one attached hydrogen (secondary N) is 2. The number of urea groups is 1. The lowest BCUT2D eigenvalue weighted by Gasteiger charge is -2.40. The van der Waals surface area contributed by atoms with E-state index in [-0.39, 0.29) is 12.1 Å². The minimum atomic E-state index is -0.229. The van der Waals surface area contributed by atoms with Gasteiger partial charge in [-0.2, -0.15) is 0 Å². The van der Waals surface area contributed by atoms with Crippen LogP contribution in [0.2, 0.25) is 0 Å². The summed E-state index contributed by atoms with van der Waals surface area (Å²) in [6.07, 6.45) is 4.11. The van der Waals surface area contributed by atoms with Gasteiger partial charge in [0.05, 0.1) is 12.6 Å². The lowest BCUT2D eigenvalue weighted by Crippen LogP contribution is -2.60. The molecule has 0 unspecified atom stereocenters. The van der Waals surface area contributed by atoms with E-state index in [0.717, 1.165) is 31.1 Å². The van der Waals surface area contributed by atoms with Crippen LogP contribution >= 0.6 is 0 Å². The fraction of sp³-hybridized carbons (Fsp3) is 0.261. The number of amides is 2. The van der Waals surface area contributed by atoms with E-state index in [1.54, 1.807) is 13.3 Å². The molecule has 2 amide bonds. The second-order valence-corrected chi connectivity index (χ2v) is 7.28. The first kappa shape index (κ1) is 20.6. The van der Waals surface area contributed by atoms with Crippen molar-refractivity contribution in [3.8, 4) is 11.5 Å². The van der Waals surface area contributed by atoms with Crippen LogP contribution in [0.4, 0.5) is 16.3 Å². The van der Waals surface area contributed by atoms with Gasteiger partial charge in [-0.25, -0.2) is 14.8 Å². The predicted molar refractivity (Wildman–Crippen MR) is 119 cm³/mol. The largest absolute Gasteiger partial charge is 0.457 e. The molecule has 1 fully saturated rings. The first-order chi connectivity index (χ1) is 15.2. The van der Waals surface area contributed by atoms with Crippen molar-refractivity contribution in [3.63, 3.8) is 0 Å². The molecule has 8 heteroatoms. The van der Waals surface area contributed by atoms with Crippen LogP contribution in [0.15, 0.2) is 67.1 Å². The Labute approximate surface area is 181 Å². The van der Waals surface area contributed by atoms with Crippen molar-refractivity contribution in [1.82, 2.24) is 15.3 Å². The van der Waals surface area contributed by atoms with Crippen LogP contribution < -0.4 is 20.3 Å². The zero-order valence-electron chi connectivity index (χ0n) is 17.3. The van der Waals surface area contributed by atoms with Gasteiger partial charge in [-0.3, -0.25) is 0 Å². The van der Waals surface area contributed by atoms with Crippen LogP contribution in [0.25, 0.3) is 0 Å². The Morgan fingerprint density at radius 2 is 1.77 bits per heavy atom. The summed E-state index contributed by atoms with van der Waals surface area (Å²) >= 11 is 0. The molecule has 0 spiro atoms. The normalized spacial score (nSPS) is 13.4. The van der Waals surface area contributed by atoms with Crippen molar-refractivity contribution < 1.29 is 14.3 Å². The summed E-state index contributed by atoms with van der Waals surface area (Å²) in [5.74, 6) is 2.33. The molecule has 1 aliphatic rings. The van der Waals surface area contributed by atoms with Crippen LogP contribution in [0.3, 0.4) is 0 Å². The number of hydrogen-bond acceptors (Lipinski definition) is 6. The predicted octanol–water partition coefficient (Wildman–Crippen LogP) is 3.47. The molecule has 160 valence electrons. The van der Waals surface area contributed by atoms with E-state index in [1.165, 1.54) is 11.9 Å². The average molecular weight is 419 g/mol. The van der Waals surface area contributed by atoms with Crippen LogP contribution in [0.1, 0.15) is 5.56 Å². The summed E-state index contributed by atoms with van der Waals surface area (Å²) in [6, 6.07) is 16.9. The van der Waals surface area contributed by atoms with Crippen molar-refractivity contribution >= 4 is 17.5 Å². The van der Waals surface area contributed by atoms with Gasteiger partial charge in [-0.1, -0.05) is 12.1 Å². The molecule has 0 radical (unpaired) electrons. The Kier molecular flexibility index (Phi) is 6.59. The molecule has 4 rings (SSSR count). The van der Waals surface area contributed by atoms with Gasteiger partial charge < -0.3 is 25.0 Å². The lowest BCUT2D eigenvalue weighted by molar-refractivity contribution is 0.202. The number of anilines is 2. The number of carbonyl (C=O) groups is 1. The van der Waals surface area contributed by atoms with E-state index < -0.39 is 0 Å². The highest BCUT2D eigenvalue weighted by atomic mass is 16.5. The molecule has 2 aromatic carbocycles. The third-order valence-electron chi connectivity index (χ3n) is 4.97. The van der Waals surface area contributed by atoms with Crippen LogP contribution in [-0.4, -0.2) is 48.8 Å². The monoisotopic (exact) mass is 419 g/mol. The van der Waals surface area contributed by atoms with Crippen LogP contribution in [0.5, 0.6) is 11.5 Å². The number of ether oxygens (including phenoxy) is 2. The Balaban J connectivity index is 1.22. The maximum absolute atomic E-state index is 12.2. The summed E-state index contributed by atoms with van der Waals surface area (Å²) < 4.78 is 11.0. The molecule has 31 heavy (non-hydrogen) atoms. The molecule has 0 saturated carbocycles. The van der Waals surface area contributed by atoms with Crippen LogP contribution in [0, 0.1) is 0 Å². The maximum atomic E-state index is 12.2. The number of nitrogens with zero attached hydrogens (tertiary/aromatic N) is 3. The molecule has 1 aliphatic heterocycles. The number of methoxy groups -OCH3 is 1. The van der Waals surface area contributed by atoms with Gasteiger partial charge in [0.25, 0.3) is 0 Å². The number of rotatable bonds is 8. The van der Waals surface area contributed by atoms with Crippen molar-refractivity contribution in [2.45, 2.75) is 12.5 Å². The number of benzene rings is 2. The zero-order chi connectivity index (χ0) is 21.5. The molecule has 0 aliphatic carbocycles. The van der Waals surface area contributed by atoms with Gasteiger partial charge in [0.2, 0.25) is 0 Å². The molecular weight excluding hydrogens is 394 g/mol. The van der Waals surface area contributed by atoms with Gasteiger partial charge >= 0.3 is 6.03 Å². The SMILES string of the molecule is COCCc1ccc(Oc2ccc(NC(=O)NC3CN(c4ccncn4)C3)cc2)cc1. The average Bonchev–Trinajstić information content (AvgIpc) is 2.77. The molecule has 0 bridgehead atoms. The highest BCUT2D eigenvalue weighted by Gasteiger charge is 2.28. The molecule has 8 nitrogen and oxygen atoms in total. The maximum Gasteiger partial charge on any atom is 0.319 e. The highest BCUT2D eigenvalue weighted by molar-refractivity contribution is 5.89. The molecule has 2 heterocycles. The quantitative estimate of drug-likeness (QED) is 0.581. The second-order valence-electron chi connectivity index (χ2n) is 7.28. The fourth-order valence-corrected chi connectivity index (χ4v) is 3.27. The van der Waals surface area contributed by atoms with E-state index in [9.17, 15) is 4.79 Å². The van der Waals surface area contributed by atoms with E-state index in [2.05, 4.69) is 25.5 Å². The van der Waals surface area contributed by atoms with E-state index in [4.69, 9.17) is 9.47 Å². The first-order valence-electron chi connectivity index (χ1n) is 10.1. The summed E-state index contributed by atoms with van der Waals surface area (Å²) in [5, 5.41) is 5.82. The fourth-order valence-electron chi connectivity index (χ4n) is 3.27. The number of aromatic nitrogens is 2. The van der Waals surface area contributed by atoms with E-state index in [1.807, 2.05) is 54.6 Å². The summed E-state index contributed by atoms with van der Waals surface area (Å²) in [6.45, 7) is 2.14. The zero-order valence-corrected chi connectivity index (χ0v) is 17.3. The molecule has 1 aromatic heterocycles. The summed E-state index contributed by atoms with van der Waals surface area (Å²) in [5.41, 5.74) is 1.90. The van der Waals surface area contributed by atoms with Crippen molar-refractivity contribution in [2.24, 2.45) is 0 Å². The molecule has 3 aromatic rings. The van der Waals surface area contributed by atoms with Crippen molar-refractivity contribution in [2.75, 3.05) is 37.0 Å². The smallest absolute Gasteiger partial charge is 0.319 e. The molecular formula is C23H25N5O3. The Hall–Kier alpha value is -3.65. The topological polar surface area (TPSA) is 88.6 Å². The van der Waals surface area contributed by atoms with Gasteiger partial charge in [-0.05, 0) is 54.4 Å².